The van der Waals surface area contributed by atoms with Crippen LogP contribution >= 0.6 is 0 Å². The zero-order valence-corrected chi connectivity index (χ0v) is 20.5. The van der Waals surface area contributed by atoms with Crippen molar-refractivity contribution in [3.8, 4) is 11.1 Å². The van der Waals surface area contributed by atoms with Crippen molar-refractivity contribution in [2.24, 2.45) is 0 Å². The topological polar surface area (TPSA) is 102 Å². The smallest absolute Gasteiger partial charge is 0.408 e. The van der Waals surface area contributed by atoms with Crippen molar-refractivity contribution < 1.29 is 39.9 Å². The summed E-state index contributed by atoms with van der Waals surface area (Å²) in [6.45, 7) is 0.0987. The molecule has 1 heterocycles. The summed E-state index contributed by atoms with van der Waals surface area (Å²) >= 11 is 0. The quantitative estimate of drug-likeness (QED) is 0.286. The van der Waals surface area contributed by atoms with Gasteiger partial charge in [-0.3, -0.25) is 9.29 Å². The minimum atomic E-state index is -5.36. The Labute approximate surface area is 213 Å². The van der Waals surface area contributed by atoms with E-state index in [1.807, 2.05) is 6.92 Å². The maximum Gasteiger partial charge on any atom is 0.424 e. The highest BCUT2D eigenvalue weighted by molar-refractivity contribution is 7.92. The Morgan fingerprint density at radius 2 is 1.71 bits per heavy atom. The molecule has 4 aromatic rings. The van der Waals surface area contributed by atoms with Crippen LogP contribution in [0.1, 0.15) is 18.9 Å². The monoisotopic (exact) mass is 556 g/mol. The number of hydrogen-bond acceptors (Lipinski definition) is 5. The molecule has 0 saturated carbocycles. The Kier molecular flexibility index (Phi) is 7.10. The standard InChI is InChI=1S/C25H21F5N2O5S/c1-2-11-32-21-10-8-18(13-22(21)37-23(32)33)38(35,36)31-17-6-3-15(4-7-17)19-9-5-16(12-20(19)27)24(34,14-26)25(28,29)30/h3-10,12-13,31,34H,2,11,14H2,1H3. The first kappa shape index (κ1) is 27.3. The molecule has 13 heteroatoms. The molecule has 1 aromatic heterocycles. The number of hydrogen-bond donors (Lipinski definition) is 2. The number of anilines is 1. The molecule has 0 saturated heterocycles. The van der Waals surface area contributed by atoms with Gasteiger partial charge in [0, 0.05) is 23.9 Å². The number of nitrogens with one attached hydrogen (secondary N) is 1. The summed E-state index contributed by atoms with van der Waals surface area (Å²) in [7, 11) is -4.11. The van der Waals surface area contributed by atoms with Gasteiger partial charge >= 0.3 is 11.9 Å². The Morgan fingerprint density at radius 3 is 2.29 bits per heavy atom. The number of aliphatic hydroxyl groups is 1. The van der Waals surface area contributed by atoms with Gasteiger partial charge in [-0.25, -0.2) is 22.0 Å². The van der Waals surface area contributed by atoms with E-state index in [0.29, 0.717) is 24.5 Å². The molecule has 0 amide bonds. The number of alkyl halides is 4. The van der Waals surface area contributed by atoms with Gasteiger partial charge in [0.05, 0.1) is 10.4 Å². The van der Waals surface area contributed by atoms with Gasteiger partial charge in [0.25, 0.3) is 10.0 Å². The van der Waals surface area contributed by atoms with Crippen molar-refractivity contribution in [3.05, 3.63) is 82.6 Å². The first-order valence-corrected chi connectivity index (χ1v) is 12.7. The van der Waals surface area contributed by atoms with E-state index in [4.69, 9.17) is 4.42 Å². The van der Waals surface area contributed by atoms with Crippen LogP contribution in [0.5, 0.6) is 0 Å². The van der Waals surface area contributed by atoms with Gasteiger partial charge in [-0.2, -0.15) is 13.2 Å². The molecule has 4 rings (SSSR count). The lowest BCUT2D eigenvalue weighted by Gasteiger charge is -2.28. The summed E-state index contributed by atoms with van der Waals surface area (Å²) in [4.78, 5) is 11.8. The van der Waals surface area contributed by atoms with Gasteiger partial charge in [-0.1, -0.05) is 31.2 Å². The van der Waals surface area contributed by atoms with E-state index in [2.05, 4.69) is 4.72 Å². The number of oxazole rings is 1. The summed E-state index contributed by atoms with van der Waals surface area (Å²) < 4.78 is 102. The van der Waals surface area contributed by atoms with Crippen LogP contribution < -0.4 is 10.5 Å². The molecule has 0 fully saturated rings. The summed E-state index contributed by atoms with van der Waals surface area (Å²) in [5, 5.41) is 9.70. The molecular weight excluding hydrogens is 535 g/mol. The first-order chi connectivity index (χ1) is 17.8. The molecule has 0 aliphatic rings. The fraction of sp³-hybridized carbons (Fsp3) is 0.240. The minimum absolute atomic E-state index is 0.0970. The van der Waals surface area contributed by atoms with Crippen LogP contribution in [0.2, 0.25) is 0 Å². The van der Waals surface area contributed by atoms with Crippen molar-refractivity contribution in [1.29, 1.82) is 0 Å². The summed E-state index contributed by atoms with van der Waals surface area (Å²) in [6, 6.07) is 11.4. The van der Waals surface area contributed by atoms with E-state index in [-0.39, 0.29) is 27.3 Å². The average molecular weight is 557 g/mol. The predicted octanol–water partition coefficient (Wildman–Crippen LogP) is 5.33. The van der Waals surface area contributed by atoms with Crippen LogP contribution in [-0.4, -0.2) is 30.9 Å². The Morgan fingerprint density at radius 1 is 1.03 bits per heavy atom. The van der Waals surface area contributed by atoms with Crippen LogP contribution in [0.4, 0.5) is 27.6 Å². The number of benzene rings is 3. The van der Waals surface area contributed by atoms with Crippen LogP contribution in [0.3, 0.4) is 0 Å². The third kappa shape index (κ3) is 4.90. The first-order valence-electron chi connectivity index (χ1n) is 11.2. The summed E-state index contributed by atoms with van der Waals surface area (Å²) in [5.41, 5.74) is -4.15. The zero-order valence-electron chi connectivity index (χ0n) is 19.7. The molecule has 0 aliphatic heterocycles. The van der Waals surface area contributed by atoms with E-state index < -0.39 is 45.6 Å². The number of aromatic nitrogens is 1. The fourth-order valence-electron chi connectivity index (χ4n) is 3.90. The second-order valence-electron chi connectivity index (χ2n) is 8.52. The number of rotatable bonds is 8. The zero-order chi connectivity index (χ0) is 27.9. The molecule has 0 aliphatic carbocycles. The van der Waals surface area contributed by atoms with Crippen LogP contribution in [0.15, 0.2) is 74.8 Å². The predicted molar refractivity (Wildman–Crippen MR) is 129 cm³/mol. The second-order valence-corrected chi connectivity index (χ2v) is 10.2. The number of halogens is 5. The van der Waals surface area contributed by atoms with Gasteiger partial charge in [0.2, 0.25) is 5.60 Å². The van der Waals surface area contributed by atoms with Crippen molar-refractivity contribution in [1.82, 2.24) is 4.57 Å². The molecule has 202 valence electrons. The SMILES string of the molecule is CCCn1c(=O)oc2cc(S(=O)(=O)Nc3ccc(-c4ccc(C(O)(CF)C(F)(F)F)cc4F)cc3)ccc21. The van der Waals surface area contributed by atoms with E-state index in [0.717, 1.165) is 12.1 Å². The maximum atomic E-state index is 14.6. The van der Waals surface area contributed by atoms with Gasteiger partial charge in [0.1, 0.15) is 12.5 Å². The van der Waals surface area contributed by atoms with Gasteiger partial charge < -0.3 is 9.52 Å². The Balaban J connectivity index is 1.57. The highest BCUT2D eigenvalue weighted by Crippen LogP contribution is 2.40. The molecule has 1 atom stereocenters. The fourth-order valence-corrected chi connectivity index (χ4v) is 4.98. The lowest BCUT2D eigenvalue weighted by molar-refractivity contribution is -0.271. The van der Waals surface area contributed by atoms with Gasteiger partial charge in [0.15, 0.2) is 5.58 Å². The number of nitrogens with zero attached hydrogens (tertiary/aromatic N) is 1. The highest BCUT2D eigenvalue weighted by atomic mass is 32.2. The van der Waals surface area contributed by atoms with Crippen molar-refractivity contribution >= 4 is 26.8 Å². The number of fused-ring (bicyclic) bond motifs is 1. The number of aryl methyl sites for hydroxylation is 1. The van der Waals surface area contributed by atoms with Crippen molar-refractivity contribution in [2.45, 2.75) is 36.6 Å². The molecule has 38 heavy (non-hydrogen) atoms. The lowest BCUT2D eigenvalue weighted by atomic mass is 9.92. The molecule has 2 N–H and O–H groups in total. The maximum absolute atomic E-state index is 14.6. The van der Waals surface area contributed by atoms with Crippen molar-refractivity contribution in [3.63, 3.8) is 0 Å². The molecule has 1 unspecified atom stereocenters. The Hall–Kier alpha value is -3.71. The lowest BCUT2D eigenvalue weighted by Crippen LogP contribution is -2.44. The third-order valence-corrected chi connectivity index (χ3v) is 7.33. The molecule has 0 spiro atoms. The molecule has 0 radical (unpaired) electrons. The number of sulfonamides is 1. The normalized spacial score (nSPS) is 14.0. The average Bonchev–Trinajstić information content (AvgIpc) is 3.17. The minimum Gasteiger partial charge on any atom is -0.408 e. The summed E-state index contributed by atoms with van der Waals surface area (Å²) in [5.74, 6) is -1.75. The molecule has 0 bridgehead atoms. The van der Waals surface area contributed by atoms with Crippen molar-refractivity contribution in [2.75, 3.05) is 11.4 Å². The van der Waals surface area contributed by atoms with Crippen LogP contribution in [0, 0.1) is 5.82 Å². The van der Waals surface area contributed by atoms with Gasteiger partial charge in [-0.05, 0) is 47.9 Å². The second kappa shape index (κ2) is 9.87. The van der Waals surface area contributed by atoms with E-state index in [1.165, 1.54) is 47.0 Å². The van der Waals surface area contributed by atoms with E-state index >= 15 is 0 Å². The van der Waals surface area contributed by atoms with Crippen LogP contribution in [-0.2, 0) is 22.2 Å². The van der Waals surface area contributed by atoms with E-state index in [1.54, 1.807) is 0 Å². The summed E-state index contributed by atoms with van der Waals surface area (Å²) in [6.07, 6.45) is -4.68. The highest BCUT2D eigenvalue weighted by Gasteiger charge is 2.55. The Bertz CT molecular complexity index is 1650. The van der Waals surface area contributed by atoms with Gasteiger partial charge in [-0.15, -0.1) is 0 Å². The molecular formula is C25H21F5N2O5S. The largest absolute Gasteiger partial charge is 0.424 e. The molecule has 7 nitrogen and oxygen atoms in total. The third-order valence-electron chi connectivity index (χ3n) is 5.95. The van der Waals surface area contributed by atoms with Crippen LogP contribution in [0.25, 0.3) is 22.2 Å². The van der Waals surface area contributed by atoms with E-state index in [9.17, 15) is 40.3 Å². The molecule has 3 aromatic carbocycles.